The summed E-state index contributed by atoms with van der Waals surface area (Å²) in [5.74, 6) is -0.206. The molecule has 0 saturated carbocycles. The van der Waals surface area contributed by atoms with Crippen molar-refractivity contribution in [2.45, 2.75) is 5.16 Å². The Morgan fingerprint density at radius 2 is 1.67 bits per heavy atom. The number of benzene rings is 3. The maximum Gasteiger partial charge on any atom is 0.234 e. The molecule has 0 radical (unpaired) electrons. The zero-order chi connectivity index (χ0) is 20.9. The molecule has 0 aliphatic carbocycles. The highest BCUT2D eigenvalue weighted by atomic mass is 35.5. The number of rotatable bonds is 6. The van der Waals surface area contributed by atoms with Crippen molar-refractivity contribution >= 4 is 35.0 Å². The van der Waals surface area contributed by atoms with Crippen molar-refractivity contribution in [3.05, 3.63) is 89.7 Å². The van der Waals surface area contributed by atoms with Gasteiger partial charge in [0.2, 0.25) is 5.91 Å². The summed E-state index contributed by atoms with van der Waals surface area (Å²) in [7, 11) is 0. The van der Waals surface area contributed by atoms with Crippen LogP contribution in [0, 0.1) is 5.82 Å². The molecule has 4 rings (SSSR count). The third kappa shape index (κ3) is 4.37. The van der Waals surface area contributed by atoms with Gasteiger partial charge in [0.15, 0.2) is 11.0 Å². The third-order valence-electron chi connectivity index (χ3n) is 4.24. The van der Waals surface area contributed by atoms with Gasteiger partial charge in [0.05, 0.1) is 16.5 Å². The minimum Gasteiger partial charge on any atom is -0.323 e. The molecule has 30 heavy (non-hydrogen) atoms. The summed E-state index contributed by atoms with van der Waals surface area (Å²) in [6, 6.07) is 23.0. The molecular formula is C22H16ClFN4OS. The highest BCUT2D eigenvalue weighted by Gasteiger charge is 2.19. The number of anilines is 1. The lowest BCUT2D eigenvalue weighted by Crippen LogP contribution is -2.15. The Hall–Kier alpha value is -3.16. The molecule has 0 atom stereocenters. The zero-order valence-electron chi connectivity index (χ0n) is 15.6. The monoisotopic (exact) mass is 438 g/mol. The van der Waals surface area contributed by atoms with E-state index in [0.29, 0.717) is 16.0 Å². The van der Waals surface area contributed by atoms with Crippen LogP contribution >= 0.6 is 23.4 Å². The average molecular weight is 439 g/mol. The van der Waals surface area contributed by atoms with E-state index >= 15 is 0 Å². The molecule has 0 unspecified atom stereocenters. The maximum absolute atomic E-state index is 13.8. The van der Waals surface area contributed by atoms with Crippen molar-refractivity contribution in [1.29, 1.82) is 0 Å². The largest absolute Gasteiger partial charge is 0.323 e. The zero-order valence-corrected chi connectivity index (χ0v) is 17.2. The lowest BCUT2D eigenvalue weighted by atomic mass is 10.2. The van der Waals surface area contributed by atoms with E-state index in [1.54, 1.807) is 18.2 Å². The Morgan fingerprint density at radius 1 is 0.967 bits per heavy atom. The predicted octanol–water partition coefficient (Wildman–Crippen LogP) is 5.46. The number of amides is 1. The number of nitrogens with zero attached hydrogens (tertiary/aromatic N) is 3. The second-order valence-electron chi connectivity index (χ2n) is 6.27. The van der Waals surface area contributed by atoms with Gasteiger partial charge in [-0.15, -0.1) is 10.2 Å². The van der Waals surface area contributed by atoms with Gasteiger partial charge in [0.1, 0.15) is 5.82 Å². The minimum absolute atomic E-state index is 0.0435. The second-order valence-corrected chi connectivity index (χ2v) is 7.62. The number of hydrogen-bond acceptors (Lipinski definition) is 4. The van der Waals surface area contributed by atoms with Crippen molar-refractivity contribution in [2.24, 2.45) is 0 Å². The molecule has 0 fully saturated rings. The van der Waals surface area contributed by atoms with Crippen molar-refractivity contribution in [3.63, 3.8) is 0 Å². The Balaban J connectivity index is 1.61. The van der Waals surface area contributed by atoms with Crippen LogP contribution in [-0.4, -0.2) is 26.4 Å². The van der Waals surface area contributed by atoms with Crippen LogP contribution in [-0.2, 0) is 4.79 Å². The number of nitrogens with one attached hydrogen (secondary N) is 1. The first-order valence-corrected chi connectivity index (χ1v) is 10.4. The number of halogens is 2. The van der Waals surface area contributed by atoms with E-state index in [-0.39, 0.29) is 17.3 Å². The van der Waals surface area contributed by atoms with E-state index in [2.05, 4.69) is 15.5 Å². The molecule has 1 N–H and O–H groups in total. The molecule has 3 aromatic carbocycles. The van der Waals surface area contributed by atoms with Gasteiger partial charge < -0.3 is 5.32 Å². The fraction of sp³-hybridized carbons (Fsp3) is 0.0455. The van der Waals surface area contributed by atoms with Gasteiger partial charge in [-0.2, -0.15) is 0 Å². The summed E-state index contributed by atoms with van der Waals surface area (Å²) in [4.78, 5) is 12.3. The molecular weight excluding hydrogens is 423 g/mol. The number of hydrogen-bond donors (Lipinski definition) is 1. The number of carbonyl (C=O) groups is 1. The predicted molar refractivity (Wildman–Crippen MR) is 118 cm³/mol. The van der Waals surface area contributed by atoms with Crippen LogP contribution in [0.4, 0.5) is 10.1 Å². The van der Waals surface area contributed by atoms with Gasteiger partial charge in [0.25, 0.3) is 0 Å². The van der Waals surface area contributed by atoms with E-state index < -0.39 is 5.82 Å². The van der Waals surface area contributed by atoms with E-state index in [1.165, 1.54) is 23.9 Å². The van der Waals surface area contributed by atoms with Crippen LogP contribution in [0.5, 0.6) is 0 Å². The van der Waals surface area contributed by atoms with E-state index in [9.17, 15) is 9.18 Å². The normalized spacial score (nSPS) is 10.7. The standard InChI is InChI=1S/C22H16ClFN4OS/c23-17-11-5-4-10-16(17)21-26-27-22(28(21)15-8-2-1-3-9-15)30-14-20(29)25-19-13-7-6-12-18(19)24/h1-13H,14H2,(H,25,29). The van der Waals surface area contributed by atoms with Crippen molar-refractivity contribution in [2.75, 3.05) is 11.1 Å². The molecule has 1 heterocycles. The van der Waals surface area contributed by atoms with Crippen LogP contribution < -0.4 is 5.32 Å². The molecule has 0 saturated heterocycles. The van der Waals surface area contributed by atoms with E-state index in [1.807, 2.05) is 53.1 Å². The Bertz CT molecular complexity index is 1180. The lowest BCUT2D eigenvalue weighted by Gasteiger charge is -2.11. The number of carbonyl (C=O) groups excluding carboxylic acids is 1. The SMILES string of the molecule is O=C(CSc1nnc(-c2ccccc2Cl)n1-c1ccccc1)Nc1ccccc1F. The molecule has 0 aliphatic rings. The van der Waals surface area contributed by atoms with E-state index in [0.717, 1.165) is 11.3 Å². The molecule has 0 spiro atoms. The smallest absolute Gasteiger partial charge is 0.234 e. The molecule has 1 amide bonds. The molecule has 5 nitrogen and oxygen atoms in total. The summed E-state index contributed by atoms with van der Waals surface area (Å²) in [5, 5.41) is 12.2. The van der Waals surface area contributed by atoms with Gasteiger partial charge in [-0.3, -0.25) is 9.36 Å². The molecule has 0 aliphatic heterocycles. The molecule has 150 valence electrons. The fourth-order valence-electron chi connectivity index (χ4n) is 2.87. The van der Waals surface area contributed by atoms with Crippen molar-refractivity contribution in [1.82, 2.24) is 14.8 Å². The van der Waals surface area contributed by atoms with Crippen LogP contribution in [0.3, 0.4) is 0 Å². The quantitative estimate of drug-likeness (QED) is 0.406. The van der Waals surface area contributed by atoms with Crippen LogP contribution in [0.2, 0.25) is 5.02 Å². The first-order valence-electron chi connectivity index (χ1n) is 9.06. The van der Waals surface area contributed by atoms with Crippen molar-refractivity contribution in [3.8, 4) is 17.1 Å². The lowest BCUT2D eigenvalue weighted by molar-refractivity contribution is -0.113. The Kier molecular flexibility index (Phi) is 6.11. The van der Waals surface area contributed by atoms with Crippen molar-refractivity contribution < 1.29 is 9.18 Å². The molecule has 8 heteroatoms. The number of para-hydroxylation sites is 2. The first-order chi connectivity index (χ1) is 14.6. The summed E-state index contributed by atoms with van der Waals surface area (Å²) in [6.45, 7) is 0. The second kappa shape index (κ2) is 9.11. The molecule has 4 aromatic rings. The Labute approximate surface area is 181 Å². The van der Waals surface area contributed by atoms with Crippen LogP contribution in [0.1, 0.15) is 0 Å². The summed E-state index contributed by atoms with van der Waals surface area (Å²) >= 11 is 7.58. The summed E-state index contributed by atoms with van der Waals surface area (Å²) in [5.41, 5.74) is 1.72. The first kappa shape index (κ1) is 20.1. The maximum atomic E-state index is 13.8. The van der Waals surface area contributed by atoms with Gasteiger partial charge in [-0.1, -0.05) is 65.8 Å². The third-order valence-corrected chi connectivity index (χ3v) is 5.50. The number of thioether (sulfide) groups is 1. The Morgan fingerprint density at radius 3 is 2.43 bits per heavy atom. The van der Waals surface area contributed by atoms with Gasteiger partial charge in [-0.05, 0) is 36.4 Å². The average Bonchev–Trinajstić information content (AvgIpc) is 3.18. The van der Waals surface area contributed by atoms with Crippen LogP contribution in [0.15, 0.2) is 84.0 Å². The minimum atomic E-state index is -0.482. The number of aromatic nitrogens is 3. The van der Waals surface area contributed by atoms with Gasteiger partial charge in [0, 0.05) is 11.3 Å². The fourth-order valence-corrected chi connectivity index (χ4v) is 3.84. The molecule has 0 bridgehead atoms. The topological polar surface area (TPSA) is 59.8 Å². The van der Waals surface area contributed by atoms with Gasteiger partial charge in [-0.25, -0.2) is 4.39 Å². The van der Waals surface area contributed by atoms with Gasteiger partial charge >= 0.3 is 0 Å². The summed E-state index contributed by atoms with van der Waals surface area (Å²) in [6.07, 6.45) is 0. The highest BCUT2D eigenvalue weighted by molar-refractivity contribution is 7.99. The highest BCUT2D eigenvalue weighted by Crippen LogP contribution is 2.31. The van der Waals surface area contributed by atoms with E-state index in [4.69, 9.17) is 11.6 Å². The summed E-state index contributed by atoms with van der Waals surface area (Å²) < 4.78 is 15.6. The van der Waals surface area contributed by atoms with Crippen LogP contribution in [0.25, 0.3) is 17.1 Å². The molecule has 1 aromatic heterocycles.